The molecule has 0 bridgehead atoms. The van der Waals surface area contributed by atoms with Crippen LogP contribution < -0.4 is 16.4 Å². The fraction of sp³-hybridized carbons (Fsp3) is 0.500. The first-order chi connectivity index (χ1) is 16.4. The minimum atomic E-state index is -1.31. The van der Waals surface area contributed by atoms with E-state index in [1.165, 1.54) is 6.07 Å². The summed E-state index contributed by atoms with van der Waals surface area (Å²) in [5.74, 6) is -1.53. The van der Waals surface area contributed by atoms with Crippen molar-refractivity contribution >= 4 is 29.1 Å². The molecule has 0 spiro atoms. The zero-order valence-electron chi connectivity index (χ0n) is 20.2. The van der Waals surface area contributed by atoms with Crippen molar-refractivity contribution in [3.8, 4) is 0 Å². The molecule has 35 heavy (non-hydrogen) atoms. The van der Waals surface area contributed by atoms with E-state index < -0.39 is 42.1 Å². The van der Waals surface area contributed by atoms with Crippen LogP contribution in [0.25, 0.3) is 0 Å². The molecule has 1 heterocycles. The van der Waals surface area contributed by atoms with Gasteiger partial charge in [0.2, 0.25) is 5.91 Å². The Hall–Kier alpha value is -1.74. The maximum atomic E-state index is 15.4. The van der Waals surface area contributed by atoms with Gasteiger partial charge in [0.1, 0.15) is 5.82 Å². The van der Waals surface area contributed by atoms with Crippen LogP contribution >= 0.6 is 23.2 Å². The van der Waals surface area contributed by atoms with Crippen LogP contribution in [0.15, 0.2) is 42.5 Å². The first-order valence-electron chi connectivity index (χ1n) is 11.7. The van der Waals surface area contributed by atoms with Gasteiger partial charge in [0.15, 0.2) is 0 Å². The molecule has 0 aliphatic carbocycles. The number of hydrogen-bond acceptors (Lipinski definition) is 5. The number of carbonyl (C=O) groups excluding carboxylic acids is 1. The molecule has 1 amide bonds. The Balaban J connectivity index is 2.12. The summed E-state index contributed by atoms with van der Waals surface area (Å²) in [6.07, 6.45) is -0.168. The second-order valence-electron chi connectivity index (χ2n) is 10.5. The molecule has 5 unspecified atom stereocenters. The summed E-state index contributed by atoms with van der Waals surface area (Å²) < 4.78 is 15.4. The van der Waals surface area contributed by atoms with E-state index in [2.05, 4.69) is 31.4 Å². The Bertz CT molecular complexity index is 1050. The maximum absolute atomic E-state index is 15.4. The zero-order chi connectivity index (χ0) is 26.0. The number of nitrogens with one attached hydrogen (secondary N) is 2. The fourth-order valence-corrected chi connectivity index (χ4v) is 5.30. The highest BCUT2D eigenvalue weighted by Crippen LogP contribution is 2.49. The number of halogens is 3. The lowest BCUT2D eigenvalue weighted by atomic mass is 9.68. The molecule has 0 radical (unpaired) electrons. The Morgan fingerprint density at radius 1 is 1.23 bits per heavy atom. The minimum Gasteiger partial charge on any atom is -0.394 e. The number of rotatable bonds is 8. The first kappa shape index (κ1) is 27.8. The number of amides is 1. The van der Waals surface area contributed by atoms with Crippen LogP contribution in [0.5, 0.6) is 0 Å². The summed E-state index contributed by atoms with van der Waals surface area (Å²) in [6.45, 7) is 5.96. The van der Waals surface area contributed by atoms with Gasteiger partial charge in [0.05, 0.1) is 24.3 Å². The second-order valence-corrected chi connectivity index (χ2v) is 11.3. The molecular formula is C26H34Cl2FN3O3. The molecule has 2 aromatic carbocycles. The van der Waals surface area contributed by atoms with Gasteiger partial charge in [-0.2, -0.15) is 0 Å². The van der Waals surface area contributed by atoms with E-state index in [1.54, 1.807) is 30.3 Å². The quantitative estimate of drug-likeness (QED) is 0.361. The molecule has 1 aliphatic rings. The normalized spacial score (nSPS) is 25.5. The number of nitrogens with two attached hydrogens (primary N) is 1. The lowest BCUT2D eigenvalue weighted by Gasteiger charge is -2.39. The molecule has 0 aromatic heterocycles. The van der Waals surface area contributed by atoms with Gasteiger partial charge >= 0.3 is 0 Å². The Labute approximate surface area is 216 Å². The third-order valence-corrected chi connectivity index (χ3v) is 6.97. The highest BCUT2D eigenvalue weighted by atomic mass is 35.5. The average Bonchev–Trinajstić information content (AvgIpc) is 3.04. The highest BCUT2D eigenvalue weighted by Gasteiger charge is 2.57. The molecular weight excluding hydrogens is 492 g/mol. The Morgan fingerprint density at radius 3 is 2.51 bits per heavy atom. The first-order valence-corrected chi connectivity index (χ1v) is 12.4. The lowest BCUT2D eigenvalue weighted by molar-refractivity contribution is -0.123. The zero-order valence-corrected chi connectivity index (χ0v) is 21.7. The summed E-state index contributed by atoms with van der Waals surface area (Å²) in [7, 11) is 0. The third-order valence-electron chi connectivity index (χ3n) is 6.50. The second kappa shape index (κ2) is 11.1. The van der Waals surface area contributed by atoms with E-state index in [9.17, 15) is 9.90 Å². The van der Waals surface area contributed by atoms with Gasteiger partial charge in [0.25, 0.3) is 0 Å². The summed E-state index contributed by atoms with van der Waals surface area (Å²) >= 11 is 12.4. The van der Waals surface area contributed by atoms with Gasteiger partial charge in [-0.15, -0.1) is 0 Å². The standard InChI is InChI=1S/C26H34Cl2FN3O3/c1-25(2,3)13-21-26(30,19-8-7-17(28)12-20(19)29)22(15-5-4-6-16(27)11-15)23(32-21)24(35)31-10-9-18(34)14-33/h4-8,11-12,18,21-23,32-34H,9-10,13-14,30H2,1-3H3,(H,31,35). The fourth-order valence-electron chi connectivity index (χ4n) is 4.94. The summed E-state index contributed by atoms with van der Waals surface area (Å²) in [5.41, 5.74) is 6.67. The van der Waals surface area contributed by atoms with Crippen LogP contribution in [0.3, 0.4) is 0 Å². The van der Waals surface area contributed by atoms with Gasteiger partial charge in [-0.25, -0.2) is 4.39 Å². The van der Waals surface area contributed by atoms with Gasteiger partial charge in [-0.1, -0.05) is 62.2 Å². The van der Waals surface area contributed by atoms with Crippen molar-refractivity contribution in [3.63, 3.8) is 0 Å². The smallest absolute Gasteiger partial charge is 0.237 e. The van der Waals surface area contributed by atoms with Crippen LogP contribution in [0.1, 0.15) is 50.7 Å². The van der Waals surface area contributed by atoms with Crippen molar-refractivity contribution < 1.29 is 19.4 Å². The Morgan fingerprint density at radius 2 is 1.91 bits per heavy atom. The molecule has 6 N–H and O–H groups in total. The number of benzene rings is 2. The number of carbonyl (C=O) groups is 1. The maximum Gasteiger partial charge on any atom is 0.237 e. The van der Waals surface area contributed by atoms with Crippen molar-refractivity contribution in [2.45, 2.75) is 63.3 Å². The SMILES string of the molecule is CC(C)(C)CC1NC(C(=O)NCCC(O)CO)C(c2cccc(Cl)c2)C1(N)c1ccc(Cl)cc1F. The van der Waals surface area contributed by atoms with E-state index in [-0.39, 0.29) is 34.9 Å². The predicted molar refractivity (Wildman–Crippen MR) is 137 cm³/mol. The van der Waals surface area contributed by atoms with Crippen LogP contribution in [0.2, 0.25) is 10.0 Å². The molecule has 0 saturated carbocycles. The molecule has 1 saturated heterocycles. The molecule has 1 aliphatic heterocycles. The monoisotopic (exact) mass is 525 g/mol. The summed E-state index contributed by atoms with van der Waals surface area (Å²) in [5, 5.41) is 25.7. The Kier molecular flexibility index (Phi) is 8.84. The molecule has 9 heteroatoms. The number of aliphatic hydroxyl groups is 2. The number of hydrogen-bond donors (Lipinski definition) is 5. The predicted octanol–water partition coefficient (Wildman–Crippen LogP) is 3.71. The molecule has 5 atom stereocenters. The van der Waals surface area contributed by atoms with E-state index in [0.717, 1.165) is 0 Å². The lowest BCUT2D eigenvalue weighted by Crippen LogP contribution is -2.52. The minimum absolute atomic E-state index is 0.165. The van der Waals surface area contributed by atoms with Crippen LogP contribution in [0.4, 0.5) is 4.39 Å². The number of aliphatic hydroxyl groups excluding tert-OH is 2. The topological polar surface area (TPSA) is 108 Å². The van der Waals surface area contributed by atoms with Gasteiger partial charge in [-0.3, -0.25) is 4.79 Å². The van der Waals surface area contributed by atoms with E-state index >= 15 is 4.39 Å². The van der Waals surface area contributed by atoms with Crippen molar-refractivity contribution in [2.75, 3.05) is 13.2 Å². The summed E-state index contributed by atoms with van der Waals surface area (Å²) in [6, 6.07) is 10.3. The molecule has 1 fully saturated rings. The highest BCUT2D eigenvalue weighted by molar-refractivity contribution is 6.30. The molecule has 192 valence electrons. The van der Waals surface area contributed by atoms with Crippen LogP contribution in [0, 0.1) is 11.2 Å². The van der Waals surface area contributed by atoms with E-state index in [1.807, 2.05) is 6.07 Å². The van der Waals surface area contributed by atoms with Gasteiger partial charge < -0.3 is 26.6 Å². The van der Waals surface area contributed by atoms with Crippen LogP contribution in [-0.2, 0) is 10.3 Å². The van der Waals surface area contributed by atoms with E-state index in [4.69, 9.17) is 34.0 Å². The van der Waals surface area contributed by atoms with E-state index in [0.29, 0.717) is 17.0 Å². The van der Waals surface area contributed by atoms with Crippen molar-refractivity contribution in [3.05, 3.63) is 69.5 Å². The molecule has 3 rings (SSSR count). The average molecular weight is 526 g/mol. The van der Waals surface area contributed by atoms with Crippen molar-refractivity contribution in [1.82, 2.24) is 10.6 Å². The van der Waals surface area contributed by atoms with Crippen LogP contribution in [-0.4, -0.2) is 47.5 Å². The summed E-state index contributed by atoms with van der Waals surface area (Å²) in [4.78, 5) is 13.4. The largest absolute Gasteiger partial charge is 0.394 e. The molecule has 2 aromatic rings. The molecule has 6 nitrogen and oxygen atoms in total. The van der Waals surface area contributed by atoms with Crippen molar-refractivity contribution in [2.24, 2.45) is 11.1 Å². The third kappa shape index (κ3) is 6.34. The van der Waals surface area contributed by atoms with Gasteiger partial charge in [-0.05, 0) is 48.1 Å². The van der Waals surface area contributed by atoms with Gasteiger partial charge in [0, 0.05) is 34.1 Å². The van der Waals surface area contributed by atoms with Crippen molar-refractivity contribution in [1.29, 1.82) is 0 Å².